The van der Waals surface area contributed by atoms with Crippen molar-refractivity contribution in [1.29, 1.82) is 0 Å². The highest BCUT2D eigenvalue weighted by atomic mass is 35.5. The van der Waals surface area contributed by atoms with E-state index in [-0.39, 0.29) is 0 Å². The number of H-pyrrole nitrogens is 2. The van der Waals surface area contributed by atoms with Gasteiger partial charge in [-0.25, -0.2) is 4.99 Å². The molecule has 2 atom stereocenters. The zero-order valence-corrected chi connectivity index (χ0v) is 38.8. The van der Waals surface area contributed by atoms with Crippen molar-refractivity contribution in [3.8, 4) is 0 Å². The fourth-order valence-corrected chi connectivity index (χ4v) is 11.5. The highest BCUT2D eigenvalue weighted by Crippen LogP contribution is 2.55. The van der Waals surface area contributed by atoms with Crippen LogP contribution in [0, 0.1) is 0 Å². The number of anilines is 3. The third-order valence-corrected chi connectivity index (χ3v) is 15.2. The van der Waals surface area contributed by atoms with Crippen LogP contribution in [0.4, 0.5) is 17.1 Å². The molecular formula is C56H48Cl2N8. The summed E-state index contributed by atoms with van der Waals surface area (Å²) in [6, 6.07) is 34.3. The number of hydrogen-bond acceptors (Lipinski definition) is 6. The van der Waals surface area contributed by atoms with Crippen LogP contribution < -0.4 is 25.4 Å². The Kier molecular flexibility index (Phi) is 9.39. The van der Waals surface area contributed by atoms with Gasteiger partial charge in [-0.3, -0.25) is 4.99 Å². The molecule has 7 aliphatic heterocycles. The van der Waals surface area contributed by atoms with Crippen LogP contribution in [0.5, 0.6) is 0 Å². The lowest BCUT2D eigenvalue weighted by atomic mass is 9.82. The van der Waals surface area contributed by atoms with Gasteiger partial charge < -0.3 is 29.6 Å². The first-order valence-electron chi connectivity index (χ1n) is 22.5. The molecule has 0 radical (unpaired) electrons. The number of para-hydroxylation sites is 3. The maximum absolute atomic E-state index is 8.40. The Morgan fingerprint density at radius 2 is 1.15 bits per heavy atom. The largest absolute Gasteiger partial charge is 0.376 e. The van der Waals surface area contributed by atoms with E-state index in [1.54, 1.807) is 0 Å². The number of likely N-dealkylation sites (N-methyl/N-ethyl adjacent to an activating group) is 1. The Bertz CT molecular complexity index is 3380. The molecule has 7 aliphatic rings. The summed E-state index contributed by atoms with van der Waals surface area (Å²) in [5.74, 6) is 0. The van der Waals surface area contributed by atoms with Crippen LogP contribution in [0.2, 0.25) is 0 Å². The Morgan fingerprint density at radius 1 is 0.561 bits per heavy atom. The second kappa shape index (κ2) is 15.3. The van der Waals surface area contributed by atoms with Gasteiger partial charge in [0.25, 0.3) is 0 Å². The molecule has 8 bridgehead atoms. The molecule has 8 nitrogen and oxygen atoms in total. The number of nitrogens with one attached hydrogen (secondary N) is 2. The molecule has 0 saturated carbocycles. The van der Waals surface area contributed by atoms with E-state index in [1.807, 2.05) is 6.08 Å². The second-order valence-electron chi connectivity index (χ2n) is 18.2. The van der Waals surface area contributed by atoms with E-state index >= 15 is 0 Å². The van der Waals surface area contributed by atoms with Gasteiger partial charge in [-0.15, -0.1) is 11.6 Å². The van der Waals surface area contributed by atoms with E-state index in [0.29, 0.717) is 12.8 Å². The molecule has 0 aliphatic carbocycles. The number of fused-ring (bicyclic) bond motifs is 9. The number of halogens is 2. The minimum atomic E-state index is -1.44. The number of aliphatic imine (C=N–C) groups is 2. The van der Waals surface area contributed by atoms with Gasteiger partial charge in [0.05, 0.1) is 17.1 Å². The summed E-state index contributed by atoms with van der Waals surface area (Å²) >= 11 is 16.5. The van der Waals surface area contributed by atoms with Crippen LogP contribution in [-0.4, -0.2) is 66.0 Å². The molecule has 9 heterocycles. The Morgan fingerprint density at radius 3 is 1.79 bits per heavy atom. The van der Waals surface area contributed by atoms with Gasteiger partial charge in [0.1, 0.15) is 4.87 Å². The minimum absolute atomic E-state index is 0.589. The Labute approximate surface area is 395 Å². The average Bonchev–Trinajstić information content (AvgIpc) is 4.17. The molecule has 0 fully saturated rings. The number of benzene rings is 3. The van der Waals surface area contributed by atoms with Crippen molar-refractivity contribution < 1.29 is 0 Å². The van der Waals surface area contributed by atoms with Gasteiger partial charge in [-0.05, 0) is 107 Å². The first-order chi connectivity index (χ1) is 32.0. The van der Waals surface area contributed by atoms with E-state index in [4.69, 9.17) is 33.2 Å². The summed E-state index contributed by atoms with van der Waals surface area (Å²) in [6.45, 7) is 0.816. The number of aromatic amines is 2. The van der Waals surface area contributed by atoms with Crippen molar-refractivity contribution in [1.82, 2.24) is 14.9 Å². The van der Waals surface area contributed by atoms with Gasteiger partial charge >= 0.3 is 0 Å². The molecule has 5 aromatic rings. The summed E-state index contributed by atoms with van der Waals surface area (Å²) in [6.07, 6.45) is 23.6. The molecule has 326 valence electrons. The maximum Gasteiger partial charge on any atom is 0.181 e. The molecular weight excluding hydrogens is 856 g/mol. The van der Waals surface area contributed by atoms with Crippen LogP contribution in [0.3, 0.4) is 0 Å². The molecule has 66 heavy (non-hydrogen) atoms. The Hall–Kier alpha value is -7.00. The van der Waals surface area contributed by atoms with E-state index in [9.17, 15) is 0 Å². The first kappa shape index (κ1) is 40.5. The minimum Gasteiger partial charge on any atom is -0.376 e. The topological polar surface area (TPSA) is 69.3 Å². The molecule has 0 spiro atoms. The molecule has 0 amide bonds. The summed E-state index contributed by atoms with van der Waals surface area (Å²) in [4.78, 5) is 25.0. The van der Waals surface area contributed by atoms with Crippen LogP contribution >= 0.6 is 23.2 Å². The quantitative estimate of drug-likeness (QED) is 0.139. The van der Waals surface area contributed by atoms with Gasteiger partial charge in [-0.1, -0.05) is 78.4 Å². The summed E-state index contributed by atoms with van der Waals surface area (Å²) in [7, 11) is 8.41. The van der Waals surface area contributed by atoms with Crippen molar-refractivity contribution in [3.63, 3.8) is 0 Å². The second-order valence-corrected chi connectivity index (χ2v) is 19.4. The highest BCUT2D eigenvalue weighted by Gasteiger charge is 2.55. The van der Waals surface area contributed by atoms with E-state index in [0.717, 1.165) is 91.3 Å². The number of allylic oxidation sites excluding steroid dienone is 8. The monoisotopic (exact) mass is 902 g/mol. The highest BCUT2D eigenvalue weighted by molar-refractivity contribution is 6.41. The van der Waals surface area contributed by atoms with Crippen molar-refractivity contribution >= 4 is 68.4 Å². The van der Waals surface area contributed by atoms with Crippen LogP contribution in [-0.2, 0) is 24.1 Å². The molecule has 10 heteroatoms. The number of aromatic nitrogens is 2. The maximum atomic E-state index is 8.40. The molecule has 0 saturated heterocycles. The van der Waals surface area contributed by atoms with Crippen LogP contribution in [0.15, 0.2) is 196 Å². The number of hydrogen-bond donors (Lipinski definition) is 2. The third-order valence-electron chi connectivity index (χ3n) is 13.9. The van der Waals surface area contributed by atoms with Gasteiger partial charge in [0, 0.05) is 134 Å². The lowest BCUT2D eigenvalue weighted by Gasteiger charge is -2.41. The Balaban J connectivity index is 1.16. The number of rotatable bonds is 4. The van der Waals surface area contributed by atoms with Crippen LogP contribution in [0.1, 0.15) is 28.1 Å². The molecule has 12 rings (SSSR count). The summed E-state index contributed by atoms with van der Waals surface area (Å²) in [5, 5.41) is 1.89. The van der Waals surface area contributed by atoms with Gasteiger partial charge in [0.2, 0.25) is 0 Å². The first-order valence-corrected chi connectivity index (χ1v) is 23.3. The lowest BCUT2D eigenvalue weighted by Crippen LogP contribution is -2.44. The standard InChI is InChI=1S/C56H48Cl2N8/c1-63-27-11-15-38(31-63)52-42-19-20-43(59-42)53(39-28-35-12-5-8-16-48(35)64(2)32-39)44-21-22-45(60-44)54(40-29-36-13-6-9-17-49(36)65(3)33-40)47-25-26-55(57,62-47)56(58,51-24-23-46(52)61-51)41-30-37-14-7-10-18-50(37)66(4)34-41/h5-26,31-34,60-61H,27-30H2,1-4H3. The van der Waals surface area contributed by atoms with Crippen molar-refractivity contribution in [3.05, 3.63) is 225 Å². The van der Waals surface area contributed by atoms with Crippen molar-refractivity contribution in [2.45, 2.75) is 29.1 Å². The van der Waals surface area contributed by atoms with Crippen molar-refractivity contribution in [2.24, 2.45) is 9.98 Å². The van der Waals surface area contributed by atoms with Gasteiger partial charge in [-0.2, -0.15) is 0 Å². The summed E-state index contributed by atoms with van der Waals surface area (Å²) in [5.41, 5.74) is 18.5. The predicted octanol–water partition coefficient (Wildman–Crippen LogP) is 9.57. The van der Waals surface area contributed by atoms with Crippen molar-refractivity contribution in [2.75, 3.05) is 49.4 Å². The zero-order chi connectivity index (χ0) is 44.9. The van der Waals surface area contributed by atoms with Crippen LogP contribution in [0.25, 0.3) is 16.7 Å². The smallest absolute Gasteiger partial charge is 0.181 e. The zero-order valence-electron chi connectivity index (χ0n) is 37.3. The van der Waals surface area contributed by atoms with E-state index < -0.39 is 9.87 Å². The normalized spacial score (nSPS) is 23.0. The third kappa shape index (κ3) is 6.41. The van der Waals surface area contributed by atoms with E-state index in [2.05, 4.69) is 210 Å². The number of nitrogens with zero attached hydrogens (tertiary/aromatic N) is 6. The fraction of sp³-hybridized carbons (Fsp3) is 0.179. The summed E-state index contributed by atoms with van der Waals surface area (Å²) < 4.78 is 0. The lowest BCUT2D eigenvalue weighted by molar-refractivity contribution is 0.502. The average molecular weight is 904 g/mol. The predicted molar refractivity (Wildman–Crippen MR) is 274 cm³/mol. The SMILES string of the molecule is CN1C=C(C2=C3C=CC(=N3)C(C3=CN(C)c4ccccc4C3)=c3ccc([nH]3)=C(C3=CN(C)c4ccccc4C3)C3=NC(Cl)(C=C3)C(Cl)(C3=CN(C)c4ccccc4C3)c3ccc2[nH]3)C=CC1. The molecule has 3 aromatic carbocycles. The molecule has 2 aromatic heterocycles. The number of alkyl halides is 2. The fourth-order valence-electron chi connectivity index (χ4n) is 10.8. The van der Waals surface area contributed by atoms with E-state index in [1.165, 1.54) is 33.6 Å². The molecule has 2 unspecified atom stereocenters. The van der Waals surface area contributed by atoms with Gasteiger partial charge in [0.15, 0.2) is 5.00 Å². The molecule has 2 N–H and O–H groups in total.